The van der Waals surface area contributed by atoms with Crippen LogP contribution in [0.4, 0.5) is 0 Å². The van der Waals surface area contributed by atoms with Crippen LogP contribution < -0.4 is 0 Å². The van der Waals surface area contributed by atoms with Crippen LogP contribution in [0.5, 0.6) is 0 Å². The summed E-state index contributed by atoms with van der Waals surface area (Å²) in [6.45, 7) is 26.9. The van der Waals surface area contributed by atoms with E-state index in [0.29, 0.717) is 56.5 Å². The van der Waals surface area contributed by atoms with Gasteiger partial charge in [0, 0.05) is 24.2 Å². The van der Waals surface area contributed by atoms with Crippen molar-refractivity contribution in [1.29, 1.82) is 0 Å². The van der Waals surface area contributed by atoms with Gasteiger partial charge < -0.3 is 59.5 Å². The first-order valence-electron chi connectivity index (χ1n) is 12.5. The Morgan fingerprint density at radius 1 is 0.485 bits per heavy atom. The molecule has 0 aromatic rings. The van der Waals surface area contributed by atoms with Crippen LogP contribution >= 0.6 is 24.4 Å². The predicted molar refractivity (Wildman–Crippen MR) is 159 cm³/mol. The molecular weight excluding hydrogens is 534 g/mol. The average Bonchev–Trinajstić information content (AvgIpc) is 2.51. The SMILES string of the molecule is CC(C)CC(C)N(C(=S)[S-])C(C)CC(C)C.CC(C)CC(C)N(C(=S)[S-])C(C)CC(C)C.[Zn+2]. The van der Waals surface area contributed by atoms with Gasteiger partial charge in [-0.05, 0) is 77.0 Å². The van der Waals surface area contributed by atoms with Gasteiger partial charge in [-0.25, -0.2) is 0 Å². The van der Waals surface area contributed by atoms with Crippen LogP contribution in [0.25, 0.3) is 0 Å². The Morgan fingerprint density at radius 2 is 0.636 bits per heavy atom. The van der Waals surface area contributed by atoms with E-state index in [1.807, 2.05) is 0 Å². The molecule has 0 aliphatic rings. The molecule has 0 spiro atoms. The summed E-state index contributed by atoms with van der Waals surface area (Å²) >= 11 is 20.9. The first-order chi connectivity index (χ1) is 14.5. The van der Waals surface area contributed by atoms with Gasteiger partial charge in [0.05, 0.1) is 0 Å². The van der Waals surface area contributed by atoms with Crippen molar-refractivity contribution in [3.05, 3.63) is 0 Å². The van der Waals surface area contributed by atoms with E-state index in [-0.39, 0.29) is 19.5 Å². The molecule has 0 N–H and O–H groups in total. The summed E-state index contributed by atoms with van der Waals surface area (Å²) in [7, 11) is 0. The summed E-state index contributed by atoms with van der Waals surface area (Å²) in [5.41, 5.74) is 0. The number of hydrogen-bond acceptors (Lipinski definition) is 4. The van der Waals surface area contributed by atoms with Crippen LogP contribution in [0, 0.1) is 23.7 Å². The van der Waals surface area contributed by atoms with E-state index in [2.05, 4.69) is 92.9 Å². The molecule has 7 heteroatoms. The van der Waals surface area contributed by atoms with Gasteiger partial charge >= 0.3 is 19.5 Å². The van der Waals surface area contributed by atoms with Gasteiger partial charge in [0.15, 0.2) is 0 Å². The van der Waals surface area contributed by atoms with E-state index in [1.54, 1.807) is 0 Å². The molecule has 192 valence electrons. The minimum Gasteiger partial charge on any atom is -0.411 e. The van der Waals surface area contributed by atoms with Crippen LogP contribution in [0.1, 0.15) is 109 Å². The topological polar surface area (TPSA) is 6.48 Å². The van der Waals surface area contributed by atoms with Crippen molar-refractivity contribution < 1.29 is 19.5 Å². The van der Waals surface area contributed by atoms with Gasteiger partial charge in [0.1, 0.15) is 0 Å². The first-order valence-corrected chi connectivity index (χ1v) is 14.1. The molecule has 33 heavy (non-hydrogen) atoms. The molecular formula is C26H52N2S4Zn. The Hall–Kier alpha value is 0.843. The summed E-state index contributed by atoms with van der Waals surface area (Å²) in [5.74, 6) is 2.75. The summed E-state index contributed by atoms with van der Waals surface area (Å²) in [6.07, 6.45) is 4.61. The summed E-state index contributed by atoms with van der Waals surface area (Å²) in [6, 6.07) is 1.83. The quantitative estimate of drug-likeness (QED) is 0.129. The maximum Gasteiger partial charge on any atom is 2.00 e. The van der Waals surface area contributed by atoms with Crippen molar-refractivity contribution >= 4 is 58.3 Å². The van der Waals surface area contributed by atoms with Crippen LogP contribution in [0.15, 0.2) is 0 Å². The van der Waals surface area contributed by atoms with E-state index in [1.165, 1.54) is 0 Å². The summed E-state index contributed by atoms with van der Waals surface area (Å²) < 4.78 is 1.25. The Morgan fingerprint density at radius 3 is 0.727 bits per heavy atom. The third-order valence-electron chi connectivity index (χ3n) is 5.57. The molecule has 0 radical (unpaired) electrons. The standard InChI is InChI=1S/2C13H27NS2.Zn/c2*1-9(2)7-11(5)14(13(15)16)12(6)8-10(3)4;/h2*9-12H,7-8H2,1-6H3,(H,15,16);/q;;+2/p-2. The Labute approximate surface area is 242 Å². The van der Waals surface area contributed by atoms with Crippen molar-refractivity contribution in [2.75, 3.05) is 0 Å². The monoisotopic (exact) mass is 584 g/mol. The molecule has 0 saturated heterocycles. The van der Waals surface area contributed by atoms with E-state index < -0.39 is 0 Å². The fraction of sp³-hybridized carbons (Fsp3) is 0.923. The molecule has 0 heterocycles. The van der Waals surface area contributed by atoms with Gasteiger partial charge in [-0.3, -0.25) is 0 Å². The van der Waals surface area contributed by atoms with Crippen LogP contribution in [0.2, 0.25) is 0 Å². The zero-order valence-corrected chi connectivity index (χ0v) is 29.9. The van der Waals surface area contributed by atoms with Gasteiger partial charge in [-0.15, -0.1) is 0 Å². The second-order valence-electron chi connectivity index (χ2n) is 11.3. The van der Waals surface area contributed by atoms with Crippen LogP contribution in [-0.2, 0) is 44.7 Å². The predicted octanol–water partition coefficient (Wildman–Crippen LogP) is 7.98. The summed E-state index contributed by atoms with van der Waals surface area (Å²) in [5, 5.41) is 0. The molecule has 0 saturated carbocycles. The molecule has 0 aliphatic carbocycles. The van der Waals surface area contributed by atoms with E-state index in [9.17, 15) is 0 Å². The zero-order chi connectivity index (χ0) is 25.8. The second-order valence-corrected chi connectivity index (χ2v) is 13.3. The third-order valence-corrected chi connectivity index (χ3v) is 6.41. The molecule has 0 aromatic carbocycles. The van der Waals surface area contributed by atoms with Gasteiger partial charge in [-0.1, -0.05) is 64.0 Å². The fourth-order valence-corrected chi connectivity index (χ4v) is 6.21. The molecule has 0 fully saturated rings. The molecule has 0 rings (SSSR count). The number of thiocarbonyl (C=S) groups is 2. The molecule has 0 aliphatic heterocycles. The molecule has 4 atom stereocenters. The molecule has 0 aromatic heterocycles. The smallest absolute Gasteiger partial charge is 0.411 e. The first kappa shape index (κ1) is 38.4. The normalized spacial score (nSPS) is 14.8. The van der Waals surface area contributed by atoms with Crippen molar-refractivity contribution in [3.8, 4) is 0 Å². The minimum absolute atomic E-state index is 0. The van der Waals surface area contributed by atoms with Crippen LogP contribution in [-0.4, -0.2) is 42.6 Å². The fourth-order valence-electron chi connectivity index (χ4n) is 4.77. The molecule has 2 nitrogen and oxygen atoms in total. The van der Waals surface area contributed by atoms with E-state index in [0.717, 1.165) is 25.7 Å². The molecule has 4 unspecified atom stereocenters. The Kier molecular flexibility index (Phi) is 23.2. The Bertz CT molecular complexity index is 448. The van der Waals surface area contributed by atoms with Gasteiger partial charge in [0.25, 0.3) is 0 Å². The van der Waals surface area contributed by atoms with E-state index in [4.69, 9.17) is 49.7 Å². The number of rotatable bonds is 12. The van der Waals surface area contributed by atoms with Gasteiger partial charge in [-0.2, -0.15) is 0 Å². The molecule has 0 bridgehead atoms. The van der Waals surface area contributed by atoms with Crippen molar-refractivity contribution in [3.63, 3.8) is 0 Å². The number of hydrogen-bond donors (Lipinski definition) is 0. The maximum atomic E-state index is 5.22. The second kappa shape index (κ2) is 20.0. The number of nitrogens with zero attached hydrogens (tertiary/aromatic N) is 2. The molecule has 0 amide bonds. The van der Waals surface area contributed by atoms with E-state index >= 15 is 0 Å². The van der Waals surface area contributed by atoms with Crippen LogP contribution in [0.3, 0.4) is 0 Å². The third kappa shape index (κ3) is 18.7. The van der Waals surface area contributed by atoms with Gasteiger partial charge in [0.2, 0.25) is 0 Å². The largest absolute Gasteiger partial charge is 2.00 e. The Balaban J connectivity index is -0.000000529. The van der Waals surface area contributed by atoms with Crippen molar-refractivity contribution in [2.45, 2.75) is 133 Å². The average molecular weight is 586 g/mol. The maximum absolute atomic E-state index is 5.22. The summed E-state index contributed by atoms with van der Waals surface area (Å²) in [4.78, 5) is 4.48. The van der Waals surface area contributed by atoms with Crippen molar-refractivity contribution in [1.82, 2.24) is 9.80 Å². The minimum atomic E-state index is 0. The zero-order valence-electron chi connectivity index (χ0n) is 23.7. The van der Waals surface area contributed by atoms with Crippen molar-refractivity contribution in [2.24, 2.45) is 23.7 Å².